The molecule has 0 aliphatic heterocycles. The number of rotatable bonds is 15. The van der Waals surface area contributed by atoms with Gasteiger partial charge < -0.3 is 19.6 Å². The van der Waals surface area contributed by atoms with Gasteiger partial charge in [-0.2, -0.15) is 0 Å². The molecule has 0 aliphatic rings. The number of anilines is 12. The summed E-state index contributed by atoms with van der Waals surface area (Å²) in [6.07, 6.45) is 0. The summed E-state index contributed by atoms with van der Waals surface area (Å²) in [7, 11) is 0. The fourth-order valence-corrected chi connectivity index (χ4v) is 19.0. The van der Waals surface area contributed by atoms with E-state index < -0.39 is 0 Å². The van der Waals surface area contributed by atoms with E-state index in [2.05, 4.69) is 625 Å². The van der Waals surface area contributed by atoms with E-state index >= 15 is 0 Å². The van der Waals surface area contributed by atoms with Crippen molar-refractivity contribution in [2.75, 3.05) is 19.6 Å². The first-order valence-corrected chi connectivity index (χ1v) is 54.2. The highest BCUT2D eigenvalue weighted by atomic mass is 15.2. The molecular formula is C145H176N4. The summed E-state index contributed by atoms with van der Waals surface area (Å²) < 4.78 is 0. The van der Waals surface area contributed by atoms with Gasteiger partial charge in [-0.1, -0.05) is 335 Å². The number of hydrogen-bond acceptors (Lipinski definition) is 4. The minimum absolute atomic E-state index is 0.0462. The van der Waals surface area contributed by atoms with Gasteiger partial charge in [0.1, 0.15) is 0 Å². The van der Waals surface area contributed by atoms with Crippen LogP contribution in [0, 0.1) is 118 Å². The number of benzene rings is 16. The lowest BCUT2D eigenvalue weighted by molar-refractivity contribution is 0.568. The van der Waals surface area contributed by atoms with Crippen molar-refractivity contribution in [2.45, 2.75) is 327 Å². The SMILES string of the molecule is Cc1cc(-c2cc(-c3ccc(C(C)(C)C)cc3)cc(-c3ccc(C(C)(C)C)cc3)c2)cc(C)c1C.Cc1cc(N(c2cc(C(C)(C)C)cc(C(C)(C)C)c2)c2cc(C(C)(C)C)cc(C(C)(C)C)c2)cc(C)c1C.Cc1cc(N(c2ccc(C(C)(C)C)cc2)c2ccc(C(C)(C)C)cc2)cc(C)c1C.Cc1cc(N(c2ccccc2)c2ccccc2)cc(C)c1C.Cc1ccc(N(c2ccc(C)cc2)c2cc(C)c(C)c(C)c2)cc1. The Kier molecular flexibility index (Phi) is 35.4. The predicted octanol–water partition coefficient (Wildman–Crippen LogP) is 42.9. The third kappa shape index (κ3) is 28.9. The fraction of sp³-hybridized carbons (Fsp3) is 0.338. The molecule has 4 heteroatoms. The normalized spacial score (nSPS) is 11.9. The van der Waals surface area contributed by atoms with Crippen molar-refractivity contribution in [3.63, 3.8) is 0 Å². The van der Waals surface area contributed by atoms with Crippen molar-refractivity contribution in [3.05, 3.63) is 461 Å². The van der Waals surface area contributed by atoms with Crippen LogP contribution in [-0.4, -0.2) is 0 Å². The average Bonchev–Trinajstić information content (AvgIpc) is 0.764. The van der Waals surface area contributed by atoms with E-state index in [0.717, 1.165) is 0 Å². The van der Waals surface area contributed by atoms with Crippen molar-refractivity contribution in [1.82, 2.24) is 0 Å². The zero-order valence-electron chi connectivity index (χ0n) is 98.9. The Morgan fingerprint density at radius 2 is 0.275 bits per heavy atom. The van der Waals surface area contributed by atoms with Crippen molar-refractivity contribution >= 4 is 68.2 Å². The van der Waals surface area contributed by atoms with E-state index in [1.807, 2.05) is 0 Å². The Morgan fingerprint density at radius 1 is 0.121 bits per heavy atom. The lowest BCUT2D eigenvalue weighted by Gasteiger charge is -2.34. The summed E-state index contributed by atoms with van der Waals surface area (Å²) in [5.74, 6) is 0. The number of nitrogens with zero attached hydrogens (tertiary/aromatic N) is 4. The van der Waals surface area contributed by atoms with Crippen molar-refractivity contribution in [1.29, 1.82) is 0 Å². The maximum Gasteiger partial charge on any atom is 0.0467 e. The first-order valence-electron chi connectivity index (χ1n) is 54.2. The quantitative estimate of drug-likeness (QED) is 0.101. The Balaban J connectivity index is 0.000000167. The Morgan fingerprint density at radius 3 is 0.477 bits per heavy atom. The van der Waals surface area contributed by atoms with E-state index in [1.165, 1.54) is 241 Å². The molecule has 0 fully saturated rings. The highest BCUT2D eigenvalue weighted by Crippen LogP contribution is 2.48. The van der Waals surface area contributed by atoms with Crippen LogP contribution in [0.4, 0.5) is 68.2 Å². The topological polar surface area (TPSA) is 13.0 Å². The van der Waals surface area contributed by atoms with Crippen LogP contribution in [0.5, 0.6) is 0 Å². The minimum Gasteiger partial charge on any atom is -0.310 e. The van der Waals surface area contributed by atoms with Gasteiger partial charge in [-0.3, -0.25) is 0 Å². The van der Waals surface area contributed by atoms with E-state index in [9.17, 15) is 0 Å². The van der Waals surface area contributed by atoms with Crippen LogP contribution in [0.1, 0.15) is 305 Å². The molecule has 0 bridgehead atoms. The van der Waals surface area contributed by atoms with Gasteiger partial charge in [-0.25, -0.2) is 0 Å². The molecule has 0 heterocycles. The number of aryl methyl sites for hydroxylation is 12. The van der Waals surface area contributed by atoms with Crippen LogP contribution < -0.4 is 19.6 Å². The summed E-state index contributed by atoms with van der Waals surface area (Å²) in [4.78, 5) is 9.52. The minimum atomic E-state index is 0.0462. The van der Waals surface area contributed by atoms with Gasteiger partial charge in [0.15, 0.2) is 0 Å². The summed E-state index contributed by atoms with van der Waals surface area (Å²) >= 11 is 0. The van der Waals surface area contributed by atoms with Crippen LogP contribution in [0.2, 0.25) is 0 Å². The van der Waals surface area contributed by atoms with E-state index in [1.54, 1.807) is 0 Å². The molecule has 0 unspecified atom stereocenters. The molecule has 0 aromatic heterocycles. The summed E-state index contributed by atoms with van der Waals surface area (Å²) in [5.41, 5.74) is 56.4. The largest absolute Gasteiger partial charge is 0.310 e. The summed E-state index contributed by atoms with van der Waals surface area (Å²) in [6.45, 7) is 92.3. The highest BCUT2D eigenvalue weighted by Gasteiger charge is 2.30. The van der Waals surface area contributed by atoms with Gasteiger partial charge in [-0.15, -0.1) is 0 Å². The van der Waals surface area contributed by atoms with Gasteiger partial charge >= 0.3 is 0 Å². The molecule has 4 nitrogen and oxygen atoms in total. The monoisotopic (exact) mass is 1970 g/mol. The maximum absolute atomic E-state index is 2.51. The molecule has 776 valence electrons. The number of para-hydroxylation sites is 2. The molecule has 149 heavy (non-hydrogen) atoms. The Hall–Kier alpha value is -13.3. The average molecular weight is 1980 g/mol. The third-order valence-corrected chi connectivity index (χ3v) is 30.5. The molecule has 0 saturated heterocycles. The molecule has 0 radical (unpaired) electrons. The van der Waals surface area contributed by atoms with Gasteiger partial charge in [0, 0.05) is 68.2 Å². The molecule has 0 aliphatic carbocycles. The van der Waals surface area contributed by atoms with Crippen molar-refractivity contribution in [2.24, 2.45) is 0 Å². The van der Waals surface area contributed by atoms with Crippen LogP contribution in [0.3, 0.4) is 0 Å². The van der Waals surface area contributed by atoms with E-state index in [-0.39, 0.29) is 43.3 Å². The first kappa shape index (κ1) is 114. The van der Waals surface area contributed by atoms with Gasteiger partial charge in [0.2, 0.25) is 0 Å². The fourth-order valence-electron chi connectivity index (χ4n) is 19.0. The van der Waals surface area contributed by atoms with Gasteiger partial charge in [0.25, 0.3) is 0 Å². The third-order valence-electron chi connectivity index (χ3n) is 30.5. The molecule has 0 saturated carbocycles. The predicted molar refractivity (Wildman–Crippen MR) is 657 cm³/mol. The van der Waals surface area contributed by atoms with Crippen LogP contribution in [-0.2, 0) is 43.3 Å². The lowest BCUT2D eigenvalue weighted by atomic mass is 9.79. The smallest absolute Gasteiger partial charge is 0.0467 e. The van der Waals surface area contributed by atoms with Crippen molar-refractivity contribution < 1.29 is 0 Å². The summed E-state index contributed by atoms with van der Waals surface area (Å²) in [6, 6.07) is 119. The lowest BCUT2D eigenvalue weighted by Crippen LogP contribution is -2.21. The van der Waals surface area contributed by atoms with Crippen LogP contribution in [0.15, 0.2) is 322 Å². The van der Waals surface area contributed by atoms with Crippen LogP contribution >= 0.6 is 0 Å². The molecule has 16 rings (SSSR count). The second kappa shape index (κ2) is 46.0. The molecule has 0 N–H and O–H groups in total. The van der Waals surface area contributed by atoms with E-state index in [4.69, 9.17) is 0 Å². The van der Waals surface area contributed by atoms with E-state index in [0.29, 0.717) is 0 Å². The summed E-state index contributed by atoms with van der Waals surface area (Å²) in [5, 5.41) is 0. The molecule has 16 aromatic carbocycles. The second-order valence-corrected chi connectivity index (χ2v) is 50.8. The molecule has 0 atom stereocenters. The highest BCUT2D eigenvalue weighted by molar-refractivity contribution is 5.86. The van der Waals surface area contributed by atoms with Gasteiger partial charge in [0.05, 0.1) is 0 Å². The molecular weight excluding hydrogens is 1800 g/mol. The molecule has 0 amide bonds. The number of hydrogen-bond donors (Lipinski definition) is 0. The zero-order valence-corrected chi connectivity index (χ0v) is 98.9. The zero-order chi connectivity index (χ0) is 110. The standard InChI is InChI=1S/C37H53N.C35H40.C29H37N.C23H25N.C21H21N/c1-24-16-31(17-25(2)26(24)3)38(32-20-27(34(4,5)6)18-28(21-32)35(7,8)9)33-22-29(36(10,11)12)19-30(23-33)37(13,14)15;1-23-18-28(19-24(2)25(23)3)31-21-29(26-10-14-32(15-11-26)34(4,5)6)20-30(22-31)27-12-16-33(17-13-27)35(7,8)9;1-20-18-27(19-21(2)22(20)3)30(25-14-10-23(11-15-25)28(4,5)6)26-16-12-24(13-17-26)29(7,8)9;1-16-6-10-21(11-7-16)24(22-12-8-17(2)9-13-22)23-14-18(3)20(5)19(4)15-23;1-16-14-21(15-17(2)18(16)3)22(19-10-6-4-7-11-19)20-12-8-5-9-13-20/h16-23H,1-15H3;10-22H,1-9H3;10-19H,1-9H3;6-15H,1-5H3;4-15H,1-3H3. The van der Waals surface area contributed by atoms with Crippen LogP contribution in [0.25, 0.3) is 33.4 Å². The van der Waals surface area contributed by atoms with Gasteiger partial charge in [-0.05, 0) is 486 Å². The first-order chi connectivity index (χ1) is 69.4. The Labute approximate surface area is 902 Å². The maximum atomic E-state index is 2.51. The molecule has 16 aromatic rings. The second-order valence-electron chi connectivity index (χ2n) is 50.8. The molecule has 0 spiro atoms. The Bertz CT molecular complexity index is 6810. The van der Waals surface area contributed by atoms with Crippen molar-refractivity contribution in [3.8, 4) is 33.4 Å².